The quantitative estimate of drug-likeness (QED) is 0.877. The maximum absolute atomic E-state index is 10.1. The predicted molar refractivity (Wildman–Crippen MR) is 102 cm³/mol. The fraction of sp³-hybridized carbons (Fsp3) is 0.650. The fourth-order valence-electron chi connectivity index (χ4n) is 4.35. The summed E-state index contributed by atoms with van der Waals surface area (Å²) in [5.74, 6) is 0. The topological polar surface area (TPSA) is 53.3 Å². The lowest BCUT2D eigenvalue weighted by atomic mass is 9.97. The first-order valence-corrected chi connectivity index (χ1v) is 9.93. The summed E-state index contributed by atoms with van der Waals surface area (Å²) in [7, 11) is 0. The molecule has 4 rings (SSSR count). The van der Waals surface area contributed by atoms with Gasteiger partial charge in [0.05, 0.1) is 23.6 Å². The SMILES string of the molecule is O[C@H]1CCCN[C@@H]1CCCn1cnc2c(N3CCCCC3)cccc21. The van der Waals surface area contributed by atoms with Crippen LogP contribution in [0.4, 0.5) is 5.69 Å². The van der Waals surface area contributed by atoms with Gasteiger partial charge in [0.2, 0.25) is 0 Å². The molecule has 0 spiro atoms. The number of hydrogen-bond donors (Lipinski definition) is 2. The number of fused-ring (bicyclic) bond motifs is 1. The second-order valence-electron chi connectivity index (χ2n) is 7.54. The van der Waals surface area contributed by atoms with Crippen molar-refractivity contribution >= 4 is 16.7 Å². The Morgan fingerprint density at radius 2 is 2.04 bits per heavy atom. The van der Waals surface area contributed by atoms with Gasteiger partial charge in [-0.3, -0.25) is 0 Å². The third-order valence-corrected chi connectivity index (χ3v) is 5.79. The van der Waals surface area contributed by atoms with Crippen LogP contribution in [0.5, 0.6) is 0 Å². The van der Waals surface area contributed by atoms with Crippen molar-refractivity contribution in [2.45, 2.75) is 63.6 Å². The van der Waals surface area contributed by atoms with Gasteiger partial charge < -0.3 is 19.9 Å². The third-order valence-electron chi connectivity index (χ3n) is 5.79. The molecule has 0 bridgehead atoms. The van der Waals surface area contributed by atoms with Crippen LogP contribution < -0.4 is 10.2 Å². The lowest BCUT2D eigenvalue weighted by Gasteiger charge is -2.29. The number of aromatic nitrogens is 2. The number of piperidine rings is 2. The van der Waals surface area contributed by atoms with Crippen LogP contribution >= 0.6 is 0 Å². The van der Waals surface area contributed by atoms with E-state index in [1.54, 1.807) is 0 Å². The van der Waals surface area contributed by atoms with Crippen LogP contribution in [0.25, 0.3) is 11.0 Å². The minimum absolute atomic E-state index is 0.181. The van der Waals surface area contributed by atoms with Crippen molar-refractivity contribution in [3.8, 4) is 0 Å². The zero-order valence-electron chi connectivity index (χ0n) is 15.0. The Hall–Kier alpha value is -1.59. The Bertz CT molecular complexity index is 692. The van der Waals surface area contributed by atoms with Gasteiger partial charge in [-0.15, -0.1) is 0 Å². The number of nitrogens with one attached hydrogen (secondary N) is 1. The molecule has 5 nitrogen and oxygen atoms in total. The molecule has 1 aromatic carbocycles. The van der Waals surface area contributed by atoms with Crippen LogP contribution in [-0.2, 0) is 6.54 Å². The molecule has 2 N–H and O–H groups in total. The summed E-state index contributed by atoms with van der Waals surface area (Å²) >= 11 is 0. The Morgan fingerprint density at radius 1 is 1.16 bits per heavy atom. The largest absolute Gasteiger partial charge is 0.392 e. The first-order chi connectivity index (χ1) is 12.3. The normalized spacial score (nSPS) is 24.8. The zero-order chi connectivity index (χ0) is 17.1. The first-order valence-electron chi connectivity index (χ1n) is 9.93. The molecule has 0 saturated carbocycles. The lowest BCUT2D eigenvalue weighted by molar-refractivity contribution is 0.0909. The van der Waals surface area contributed by atoms with Crippen LogP contribution in [0, 0.1) is 0 Å². The minimum Gasteiger partial charge on any atom is -0.392 e. The molecule has 2 fully saturated rings. The number of rotatable bonds is 5. The molecular weight excluding hydrogens is 312 g/mol. The van der Waals surface area contributed by atoms with Gasteiger partial charge >= 0.3 is 0 Å². The van der Waals surface area contributed by atoms with Crippen molar-refractivity contribution in [1.82, 2.24) is 14.9 Å². The second-order valence-corrected chi connectivity index (χ2v) is 7.54. The zero-order valence-corrected chi connectivity index (χ0v) is 15.0. The highest BCUT2D eigenvalue weighted by molar-refractivity contribution is 5.89. The fourth-order valence-corrected chi connectivity index (χ4v) is 4.35. The molecule has 3 heterocycles. The molecule has 0 amide bonds. The van der Waals surface area contributed by atoms with E-state index in [0.717, 1.165) is 57.4 Å². The van der Waals surface area contributed by atoms with Crippen molar-refractivity contribution in [3.05, 3.63) is 24.5 Å². The van der Waals surface area contributed by atoms with Crippen molar-refractivity contribution in [2.24, 2.45) is 0 Å². The molecule has 0 aliphatic carbocycles. The molecule has 0 radical (unpaired) electrons. The van der Waals surface area contributed by atoms with E-state index >= 15 is 0 Å². The number of nitrogens with zero attached hydrogens (tertiary/aromatic N) is 3. The molecule has 0 unspecified atom stereocenters. The summed E-state index contributed by atoms with van der Waals surface area (Å²) in [4.78, 5) is 7.22. The van der Waals surface area contributed by atoms with Gasteiger partial charge in [0.25, 0.3) is 0 Å². The van der Waals surface area contributed by atoms with Crippen LogP contribution in [-0.4, -0.2) is 46.4 Å². The van der Waals surface area contributed by atoms with E-state index < -0.39 is 0 Å². The molecule has 2 saturated heterocycles. The Labute approximate surface area is 150 Å². The Kier molecular flexibility index (Phi) is 5.22. The number of hydrogen-bond acceptors (Lipinski definition) is 4. The molecule has 5 heteroatoms. The number of aliphatic hydroxyl groups excluding tert-OH is 1. The van der Waals surface area contributed by atoms with Crippen LogP contribution in [0.1, 0.15) is 44.9 Å². The van der Waals surface area contributed by atoms with Gasteiger partial charge in [0, 0.05) is 25.7 Å². The van der Waals surface area contributed by atoms with Gasteiger partial charge in [-0.05, 0) is 63.6 Å². The molecule has 136 valence electrons. The standard InChI is InChI=1S/C20H30N4O/c25-19-10-5-11-21-16(19)7-6-14-24-15-22-20-17(8-4-9-18(20)24)23-12-2-1-3-13-23/h4,8-9,15-16,19,21,25H,1-3,5-7,10-14H2/t16-,19+/m1/s1. The maximum atomic E-state index is 10.1. The van der Waals surface area contributed by atoms with Crippen molar-refractivity contribution in [2.75, 3.05) is 24.5 Å². The van der Waals surface area contributed by atoms with E-state index in [1.165, 1.54) is 30.5 Å². The van der Waals surface area contributed by atoms with Crippen LogP contribution in [0.15, 0.2) is 24.5 Å². The molecule has 2 aliphatic rings. The van der Waals surface area contributed by atoms with Gasteiger partial charge in [0.15, 0.2) is 0 Å². The molecule has 2 atom stereocenters. The van der Waals surface area contributed by atoms with Gasteiger partial charge in [0.1, 0.15) is 5.52 Å². The molecule has 1 aromatic heterocycles. The number of imidazole rings is 1. The summed E-state index contributed by atoms with van der Waals surface area (Å²) in [5, 5.41) is 13.5. The van der Waals surface area contributed by atoms with Crippen molar-refractivity contribution in [1.29, 1.82) is 0 Å². The summed E-state index contributed by atoms with van der Waals surface area (Å²) in [6.45, 7) is 4.30. The average Bonchev–Trinajstić information content (AvgIpc) is 3.07. The van der Waals surface area contributed by atoms with Crippen molar-refractivity contribution < 1.29 is 5.11 Å². The number of para-hydroxylation sites is 1. The Balaban J connectivity index is 1.43. The van der Waals surface area contributed by atoms with E-state index in [0.29, 0.717) is 0 Å². The van der Waals surface area contributed by atoms with Crippen molar-refractivity contribution in [3.63, 3.8) is 0 Å². The smallest absolute Gasteiger partial charge is 0.112 e. The maximum Gasteiger partial charge on any atom is 0.112 e. The predicted octanol–water partition coefficient (Wildman–Crippen LogP) is 2.92. The summed E-state index contributed by atoms with van der Waals surface area (Å²) < 4.78 is 2.28. The van der Waals surface area contributed by atoms with E-state index in [2.05, 4.69) is 33.0 Å². The van der Waals surface area contributed by atoms with Gasteiger partial charge in [-0.2, -0.15) is 0 Å². The highest BCUT2D eigenvalue weighted by atomic mass is 16.3. The first kappa shape index (κ1) is 16.9. The van der Waals surface area contributed by atoms with Crippen LogP contribution in [0.3, 0.4) is 0 Å². The number of benzene rings is 1. The molecule has 2 aliphatic heterocycles. The minimum atomic E-state index is -0.181. The van der Waals surface area contributed by atoms with E-state index in [-0.39, 0.29) is 12.1 Å². The third kappa shape index (κ3) is 3.67. The van der Waals surface area contributed by atoms with E-state index in [4.69, 9.17) is 4.98 Å². The van der Waals surface area contributed by atoms with Crippen LogP contribution in [0.2, 0.25) is 0 Å². The number of anilines is 1. The van der Waals surface area contributed by atoms with E-state index in [1.807, 2.05) is 6.33 Å². The molecular formula is C20H30N4O. The highest BCUT2D eigenvalue weighted by Crippen LogP contribution is 2.28. The monoisotopic (exact) mass is 342 g/mol. The van der Waals surface area contributed by atoms with Gasteiger partial charge in [-0.25, -0.2) is 4.98 Å². The summed E-state index contributed by atoms with van der Waals surface area (Å²) in [6.07, 6.45) is 9.83. The number of aryl methyl sites for hydroxylation is 1. The summed E-state index contributed by atoms with van der Waals surface area (Å²) in [5.41, 5.74) is 3.67. The molecule has 25 heavy (non-hydrogen) atoms. The van der Waals surface area contributed by atoms with E-state index in [9.17, 15) is 5.11 Å². The molecule has 2 aromatic rings. The number of aliphatic hydroxyl groups is 1. The average molecular weight is 342 g/mol. The van der Waals surface area contributed by atoms with Gasteiger partial charge in [-0.1, -0.05) is 6.07 Å². The summed E-state index contributed by atoms with van der Waals surface area (Å²) in [6, 6.07) is 6.82. The lowest BCUT2D eigenvalue weighted by Crippen LogP contribution is -2.44. The highest BCUT2D eigenvalue weighted by Gasteiger charge is 2.22. The Morgan fingerprint density at radius 3 is 2.88 bits per heavy atom. The second kappa shape index (κ2) is 7.75.